The van der Waals surface area contributed by atoms with Crippen LogP contribution in [0.3, 0.4) is 0 Å². The molecule has 7 heteroatoms. The van der Waals surface area contributed by atoms with Crippen molar-refractivity contribution in [3.05, 3.63) is 29.3 Å². The van der Waals surface area contributed by atoms with E-state index in [2.05, 4.69) is 0 Å². The van der Waals surface area contributed by atoms with Crippen molar-refractivity contribution in [2.45, 2.75) is 13.8 Å². The van der Waals surface area contributed by atoms with Crippen LogP contribution >= 0.6 is 11.6 Å². The van der Waals surface area contributed by atoms with Gasteiger partial charge in [0.15, 0.2) is 0 Å². The molecule has 0 fully saturated rings. The number of urea groups is 1. The van der Waals surface area contributed by atoms with E-state index < -0.39 is 16.1 Å². The lowest BCUT2D eigenvalue weighted by Gasteiger charge is -2.21. The summed E-state index contributed by atoms with van der Waals surface area (Å²) in [6.45, 7) is 3.50. The molecule has 2 amide bonds. The molecule has 0 spiro atoms. The zero-order valence-corrected chi connectivity index (χ0v) is 11.7. The summed E-state index contributed by atoms with van der Waals surface area (Å²) in [5.74, 6) is -0.261. The highest BCUT2D eigenvalue weighted by molar-refractivity contribution is 7.93. The number of hydrogen-bond acceptors (Lipinski definition) is 3. The number of rotatable bonds is 4. The van der Waals surface area contributed by atoms with Crippen molar-refractivity contribution in [1.82, 2.24) is 0 Å². The number of benzene rings is 1. The molecular formula is C11H15ClN2O3S. The van der Waals surface area contributed by atoms with Gasteiger partial charge in [-0.25, -0.2) is 13.2 Å². The van der Waals surface area contributed by atoms with Gasteiger partial charge in [-0.1, -0.05) is 25.4 Å². The predicted molar refractivity (Wildman–Crippen MR) is 72.1 cm³/mol. The van der Waals surface area contributed by atoms with Crippen LogP contribution in [0.25, 0.3) is 0 Å². The number of halogens is 1. The first kappa shape index (κ1) is 14.8. The lowest BCUT2D eigenvalue weighted by molar-refractivity contribution is 0.257. The van der Waals surface area contributed by atoms with Crippen LogP contribution in [0.15, 0.2) is 24.3 Å². The highest BCUT2D eigenvalue weighted by Crippen LogP contribution is 2.21. The van der Waals surface area contributed by atoms with Gasteiger partial charge in [0.1, 0.15) is 0 Å². The fraction of sp³-hybridized carbons (Fsp3) is 0.364. The number of carbonyl (C=O) groups is 1. The van der Waals surface area contributed by atoms with E-state index in [1.165, 1.54) is 24.3 Å². The van der Waals surface area contributed by atoms with Crippen LogP contribution in [-0.4, -0.2) is 20.2 Å². The molecule has 0 aliphatic rings. The lowest BCUT2D eigenvalue weighted by Crippen LogP contribution is -2.42. The number of nitrogens with two attached hydrogens (primary N) is 1. The monoisotopic (exact) mass is 290 g/mol. The third-order valence-electron chi connectivity index (χ3n) is 2.08. The fourth-order valence-electron chi connectivity index (χ4n) is 1.50. The number of primary amides is 1. The van der Waals surface area contributed by atoms with Crippen LogP contribution in [0.1, 0.15) is 13.8 Å². The summed E-state index contributed by atoms with van der Waals surface area (Å²) in [6.07, 6.45) is 0. The summed E-state index contributed by atoms with van der Waals surface area (Å²) in [6, 6.07) is 4.84. The maximum absolute atomic E-state index is 12.1. The summed E-state index contributed by atoms with van der Waals surface area (Å²) < 4.78 is 24.7. The Bertz CT molecular complexity index is 526. The predicted octanol–water partition coefficient (Wildman–Crippen LogP) is 2.21. The van der Waals surface area contributed by atoms with Crippen LogP contribution in [0.2, 0.25) is 5.02 Å². The second-order valence-corrected chi connectivity index (χ2v) is 6.55. The largest absolute Gasteiger partial charge is 0.350 e. The van der Waals surface area contributed by atoms with E-state index >= 15 is 0 Å². The van der Waals surface area contributed by atoms with Crippen molar-refractivity contribution >= 4 is 33.3 Å². The topological polar surface area (TPSA) is 80.5 Å². The molecule has 0 radical (unpaired) electrons. The fourth-order valence-corrected chi connectivity index (χ4v) is 3.33. The Hall–Kier alpha value is -1.27. The molecule has 1 aromatic rings. The molecule has 2 N–H and O–H groups in total. The van der Waals surface area contributed by atoms with Crippen molar-refractivity contribution in [3.8, 4) is 0 Å². The van der Waals surface area contributed by atoms with E-state index in [9.17, 15) is 13.2 Å². The average Bonchev–Trinajstić information content (AvgIpc) is 2.18. The summed E-state index contributed by atoms with van der Waals surface area (Å²) in [5, 5.41) is 0.449. The first-order valence-electron chi connectivity index (χ1n) is 5.32. The number of sulfonamides is 1. The van der Waals surface area contributed by atoms with E-state index in [0.717, 1.165) is 0 Å². The quantitative estimate of drug-likeness (QED) is 0.923. The molecule has 0 unspecified atom stereocenters. The summed E-state index contributed by atoms with van der Waals surface area (Å²) in [5.41, 5.74) is 5.33. The SMILES string of the molecule is CC(C)CS(=O)(=O)N(C(N)=O)c1ccc(Cl)cc1. The number of hydrogen-bond donors (Lipinski definition) is 1. The minimum atomic E-state index is -3.77. The molecule has 0 saturated heterocycles. The van der Waals surface area contributed by atoms with Crippen LogP contribution in [0.4, 0.5) is 10.5 Å². The zero-order chi connectivity index (χ0) is 13.9. The van der Waals surface area contributed by atoms with E-state index in [1.54, 1.807) is 13.8 Å². The third-order valence-corrected chi connectivity index (χ3v) is 4.37. The molecule has 1 aromatic carbocycles. The Morgan fingerprint density at radius 2 is 1.83 bits per heavy atom. The van der Waals surface area contributed by atoms with Crippen molar-refractivity contribution in [2.24, 2.45) is 11.7 Å². The van der Waals surface area contributed by atoms with Gasteiger partial charge in [-0.05, 0) is 30.2 Å². The molecule has 0 aromatic heterocycles. The third kappa shape index (κ3) is 3.61. The van der Waals surface area contributed by atoms with E-state index in [-0.39, 0.29) is 17.4 Å². The molecule has 0 aliphatic carbocycles. The second kappa shape index (κ2) is 5.58. The smallest absolute Gasteiger partial charge is 0.333 e. The molecule has 100 valence electrons. The molecule has 1 rings (SSSR count). The number of carbonyl (C=O) groups excluding carboxylic acids is 1. The summed E-state index contributed by atoms with van der Waals surface area (Å²) in [7, 11) is -3.77. The first-order valence-corrected chi connectivity index (χ1v) is 7.31. The minimum absolute atomic E-state index is 0.107. The maximum Gasteiger partial charge on any atom is 0.333 e. The van der Waals surface area contributed by atoms with Gasteiger partial charge in [-0.2, -0.15) is 4.31 Å². The highest BCUT2D eigenvalue weighted by Gasteiger charge is 2.28. The van der Waals surface area contributed by atoms with Gasteiger partial charge in [0, 0.05) is 5.02 Å². The van der Waals surface area contributed by atoms with Crippen LogP contribution in [-0.2, 0) is 10.0 Å². The van der Waals surface area contributed by atoms with Gasteiger partial charge in [0.25, 0.3) is 0 Å². The second-order valence-electron chi connectivity index (χ2n) is 4.25. The molecule has 18 heavy (non-hydrogen) atoms. The van der Waals surface area contributed by atoms with Crippen molar-refractivity contribution in [3.63, 3.8) is 0 Å². The summed E-state index contributed by atoms with van der Waals surface area (Å²) >= 11 is 5.71. The van der Waals surface area contributed by atoms with E-state index in [1.807, 2.05) is 0 Å². The minimum Gasteiger partial charge on any atom is -0.350 e. The molecule has 0 bridgehead atoms. The Morgan fingerprint density at radius 3 is 2.22 bits per heavy atom. The van der Waals surface area contributed by atoms with Crippen molar-refractivity contribution in [1.29, 1.82) is 0 Å². The van der Waals surface area contributed by atoms with Crippen molar-refractivity contribution in [2.75, 3.05) is 10.1 Å². The lowest BCUT2D eigenvalue weighted by atomic mass is 10.3. The molecule has 0 heterocycles. The zero-order valence-electron chi connectivity index (χ0n) is 10.1. The van der Waals surface area contributed by atoms with Gasteiger partial charge in [0.2, 0.25) is 10.0 Å². The molecule has 0 saturated carbocycles. The van der Waals surface area contributed by atoms with Gasteiger partial charge in [-0.15, -0.1) is 0 Å². The molecule has 0 aliphatic heterocycles. The summed E-state index contributed by atoms with van der Waals surface area (Å²) in [4.78, 5) is 11.3. The average molecular weight is 291 g/mol. The van der Waals surface area contributed by atoms with E-state index in [4.69, 9.17) is 17.3 Å². The van der Waals surface area contributed by atoms with Crippen LogP contribution < -0.4 is 10.0 Å². The van der Waals surface area contributed by atoms with Gasteiger partial charge >= 0.3 is 6.03 Å². The Balaban J connectivity index is 3.19. The Kier molecular flexibility index (Phi) is 4.59. The first-order chi connectivity index (χ1) is 8.24. The Labute approximate surface area is 112 Å². The maximum atomic E-state index is 12.1. The molecular weight excluding hydrogens is 276 g/mol. The van der Waals surface area contributed by atoms with Crippen LogP contribution in [0, 0.1) is 5.92 Å². The number of nitrogens with zero attached hydrogens (tertiary/aromatic N) is 1. The standard InChI is InChI=1S/C11H15ClN2O3S/c1-8(2)7-18(16,17)14(11(13)15)10-5-3-9(12)4-6-10/h3-6,8H,7H2,1-2H3,(H2,13,15). The van der Waals surface area contributed by atoms with Crippen molar-refractivity contribution < 1.29 is 13.2 Å². The van der Waals surface area contributed by atoms with Gasteiger partial charge in [-0.3, -0.25) is 0 Å². The van der Waals surface area contributed by atoms with E-state index in [0.29, 0.717) is 9.33 Å². The van der Waals surface area contributed by atoms with Crippen LogP contribution in [0.5, 0.6) is 0 Å². The number of anilines is 1. The molecule has 0 atom stereocenters. The highest BCUT2D eigenvalue weighted by atomic mass is 35.5. The van der Waals surface area contributed by atoms with Gasteiger partial charge < -0.3 is 5.73 Å². The van der Waals surface area contributed by atoms with Gasteiger partial charge in [0.05, 0.1) is 11.4 Å². The molecule has 5 nitrogen and oxygen atoms in total. The number of amides is 2. The normalized spacial score (nSPS) is 11.6. The Morgan fingerprint density at radius 1 is 1.33 bits per heavy atom.